The van der Waals surface area contributed by atoms with Crippen molar-refractivity contribution in [2.45, 2.75) is 12.8 Å². The number of urea groups is 1. The lowest BCUT2D eigenvalue weighted by Gasteiger charge is -2.25. The van der Waals surface area contributed by atoms with E-state index in [2.05, 4.69) is 0 Å². The highest BCUT2D eigenvalue weighted by molar-refractivity contribution is 6.42. The molecule has 1 rings (SSSR count). The number of hydrogen-bond donors (Lipinski definition) is 1. The van der Waals surface area contributed by atoms with Gasteiger partial charge in [-0.1, -0.05) is 23.2 Å². The van der Waals surface area contributed by atoms with E-state index in [9.17, 15) is 9.59 Å². The topological polar surface area (TPSA) is 60.9 Å². The zero-order valence-electron chi connectivity index (χ0n) is 11.3. The second-order valence-corrected chi connectivity index (χ2v) is 5.17. The maximum Gasteiger partial charge on any atom is 0.323 e. The lowest BCUT2D eigenvalue weighted by atomic mass is 10.3. The van der Waals surface area contributed by atoms with E-state index >= 15 is 0 Å². The van der Waals surface area contributed by atoms with Crippen molar-refractivity contribution in [3.05, 3.63) is 28.2 Å². The first-order valence-electron chi connectivity index (χ1n) is 5.98. The summed E-state index contributed by atoms with van der Waals surface area (Å²) in [6.45, 7) is 0.372. The molecule has 0 bridgehead atoms. The zero-order valence-corrected chi connectivity index (χ0v) is 12.8. The molecule has 0 saturated heterocycles. The molecule has 0 aliphatic heterocycles. The first-order chi connectivity index (χ1) is 9.32. The van der Waals surface area contributed by atoms with Gasteiger partial charge in [-0.25, -0.2) is 4.79 Å². The first kappa shape index (κ1) is 16.6. The maximum atomic E-state index is 12.1. The summed E-state index contributed by atoms with van der Waals surface area (Å²) >= 11 is 11.7. The molecule has 1 aromatic rings. The van der Waals surface area contributed by atoms with Gasteiger partial charge in [-0.2, -0.15) is 0 Å². The molecule has 0 unspecified atom stereocenters. The van der Waals surface area contributed by atoms with Crippen LogP contribution in [0.5, 0.6) is 0 Å². The van der Waals surface area contributed by atoms with Crippen molar-refractivity contribution in [1.82, 2.24) is 4.90 Å². The summed E-state index contributed by atoms with van der Waals surface area (Å²) in [7, 11) is 3.24. The average Bonchev–Trinajstić information content (AvgIpc) is 2.39. The van der Waals surface area contributed by atoms with Crippen LogP contribution in [0.4, 0.5) is 10.5 Å². The first-order valence-corrected chi connectivity index (χ1v) is 6.74. The normalized spacial score (nSPS) is 10.2. The van der Waals surface area contributed by atoms with Gasteiger partial charge in [-0.3, -0.25) is 9.69 Å². The summed E-state index contributed by atoms with van der Waals surface area (Å²) in [5, 5.41) is 9.36. The standard InChI is InChI=1S/C13H16Cl2N2O3/c1-16(7-3-4-12(18)19)13(20)17(2)9-5-6-10(14)11(15)8-9/h5-6,8H,3-4,7H2,1-2H3,(H,18,19). The van der Waals surface area contributed by atoms with Gasteiger partial charge in [0.05, 0.1) is 10.0 Å². The molecule has 2 amide bonds. The van der Waals surface area contributed by atoms with Crippen molar-refractivity contribution < 1.29 is 14.7 Å². The number of amides is 2. The minimum absolute atomic E-state index is 0.0358. The Morgan fingerprint density at radius 2 is 1.85 bits per heavy atom. The molecular formula is C13H16Cl2N2O3. The molecule has 7 heteroatoms. The highest BCUT2D eigenvalue weighted by Gasteiger charge is 2.16. The van der Waals surface area contributed by atoms with Gasteiger partial charge >= 0.3 is 12.0 Å². The number of benzene rings is 1. The predicted octanol–water partition coefficient (Wildman–Crippen LogP) is 3.35. The van der Waals surface area contributed by atoms with E-state index in [0.717, 1.165) is 0 Å². The van der Waals surface area contributed by atoms with E-state index < -0.39 is 5.97 Å². The number of hydrogen-bond acceptors (Lipinski definition) is 2. The van der Waals surface area contributed by atoms with Crippen LogP contribution < -0.4 is 4.90 Å². The Bertz CT molecular complexity index is 508. The van der Waals surface area contributed by atoms with E-state index in [1.54, 1.807) is 32.3 Å². The number of rotatable bonds is 5. The van der Waals surface area contributed by atoms with E-state index in [4.69, 9.17) is 28.3 Å². The van der Waals surface area contributed by atoms with Gasteiger partial charge in [-0.15, -0.1) is 0 Å². The fourth-order valence-electron chi connectivity index (χ4n) is 1.62. The molecule has 5 nitrogen and oxygen atoms in total. The Morgan fingerprint density at radius 3 is 2.40 bits per heavy atom. The summed E-state index contributed by atoms with van der Waals surface area (Å²) in [6.07, 6.45) is 0.445. The van der Waals surface area contributed by atoms with Gasteiger partial charge < -0.3 is 10.0 Å². The summed E-state index contributed by atoms with van der Waals surface area (Å²) in [5.74, 6) is -0.872. The van der Waals surface area contributed by atoms with E-state index in [1.807, 2.05) is 0 Å². The third-order valence-corrected chi connectivity index (χ3v) is 3.53. The number of nitrogens with zero attached hydrogens (tertiary/aromatic N) is 2. The molecule has 20 heavy (non-hydrogen) atoms. The second-order valence-electron chi connectivity index (χ2n) is 4.36. The molecule has 0 atom stereocenters. The van der Waals surface area contributed by atoms with E-state index in [1.165, 1.54) is 9.80 Å². The lowest BCUT2D eigenvalue weighted by Crippen LogP contribution is -2.39. The van der Waals surface area contributed by atoms with Gasteiger partial charge in [0.2, 0.25) is 0 Å². The van der Waals surface area contributed by atoms with Gasteiger partial charge in [0.1, 0.15) is 0 Å². The highest BCUT2D eigenvalue weighted by Crippen LogP contribution is 2.27. The third-order valence-electron chi connectivity index (χ3n) is 2.79. The van der Waals surface area contributed by atoms with Crippen LogP contribution in [-0.2, 0) is 4.79 Å². The molecule has 1 N–H and O–H groups in total. The lowest BCUT2D eigenvalue weighted by molar-refractivity contribution is -0.137. The molecule has 0 radical (unpaired) electrons. The fourth-order valence-corrected chi connectivity index (χ4v) is 1.92. The van der Waals surface area contributed by atoms with Gasteiger partial charge in [0.15, 0.2) is 0 Å². The van der Waals surface area contributed by atoms with Crippen molar-refractivity contribution in [2.75, 3.05) is 25.5 Å². The molecule has 110 valence electrons. The minimum atomic E-state index is -0.872. The van der Waals surface area contributed by atoms with Crippen LogP contribution in [0.1, 0.15) is 12.8 Å². The van der Waals surface area contributed by atoms with Gasteiger partial charge in [-0.05, 0) is 24.6 Å². The molecule has 0 saturated carbocycles. The number of anilines is 1. The van der Waals surface area contributed by atoms with Crippen LogP contribution in [0, 0.1) is 0 Å². The number of aliphatic carboxylic acids is 1. The van der Waals surface area contributed by atoms with Crippen LogP contribution in [-0.4, -0.2) is 42.6 Å². The van der Waals surface area contributed by atoms with Crippen LogP contribution in [0.3, 0.4) is 0 Å². The van der Waals surface area contributed by atoms with Crippen LogP contribution in [0.15, 0.2) is 18.2 Å². The zero-order chi connectivity index (χ0) is 15.3. The molecular weight excluding hydrogens is 303 g/mol. The van der Waals surface area contributed by atoms with Crippen molar-refractivity contribution in [1.29, 1.82) is 0 Å². The molecule has 0 aliphatic carbocycles. The summed E-state index contributed by atoms with van der Waals surface area (Å²) in [4.78, 5) is 25.5. The van der Waals surface area contributed by atoms with Crippen molar-refractivity contribution in [3.63, 3.8) is 0 Å². The summed E-state index contributed by atoms with van der Waals surface area (Å²) in [6, 6.07) is 4.67. The van der Waals surface area contributed by atoms with Crippen molar-refractivity contribution in [3.8, 4) is 0 Å². The van der Waals surface area contributed by atoms with Crippen LogP contribution in [0.25, 0.3) is 0 Å². The monoisotopic (exact) mass is 318 g/mol. The Hall–Kier alpha value is -1.46. The van der Waals surface area contributed by atoms with Gasteiger partial charge in [0.25, 0.3) is 0 Å². The predicted molar refractivity (Wildman–Crippen MR) is 79.8 cm³/mol. The Morgan fingerprint density at radius 1 is 1.20 bits per heavy atom. The summed E-state index contributed by atoms with van der Waals surface area (Å²) < 4.78 is 0. The van der Waals surface area contributed by atoms with E-state index in [-0.39, 0.29) is 12.5 Å². The molecule has 0 aromatic heterocycles. The number of carboxylic acids is 1. The SMILES string of the molecule is CN(CCCC(=O)O)C(=O)N(C)c1ccc(Cl)c(Cl)c1. The summed E-state index contributed by atoms with van der Waals surface area (Å²) in [5.41, 5.74) is 0.620. The fraction of sp³-hybridized carbons (Fsp3) is 0.385. The van der Waals surface area contributed by atoms with Crippen LogP contribution >= 0.6 is 23.2 Å². The third kappa shape index (κ3) is 4.58. The smallest absolute Gasteiger partial charge is 0.323 e. The van der Waals surface area contributed by atoms with Crippen molar-refractivity contribution in [2.24, 2.45) is 0 Å². The molecule has 0 spiro atoms. The number of carbonyl (C=O) groups excluding carboxylic acids is 1. The average molecular weight is 319 g/mol. The largest absolute Gasteiger partial charge is 0.481 e. The Labute approximate surface area is 127 Å². The van der Waals surface area contributed by atoms with Crippen molar-refractivity contribution >= 4 is 40.9 Å². The van der Waals surface area contributed by atoms with Gasteiger partial charge in [0, 0.05) is 32.7 Å². The molecule has 0 aliphatic rings. The second kappa shape index (κ2) is 7.36. The van der Waals surface area contributed by atoms with E-state index in [0.29, 0.717) is 28.7 Å². The number of carboxylic acid groups (broad SMARTS) is 1. The maximum absolute atomic E-state index is 12.1. The Balaban J connectivity index is 2.65. The minimum Gasteiger partial charge on any atom is -0.481 e. The van der Waals surface area contributed by atoms with Crippen LogP contribution in [0.2, 0.25) is 10.0 Å². The quantitative estimate of drug-likeness (QED) is 0.905. The Kier molecular flexibility index (Phi) is 6.10. The molecule has 0 fully saturated rings. The number of halogens is 2. The highest BCUT2D eigenvalue weighted by atomic mass is 35.5. The number of carbonyl (C=O) groups is 2. The molecule has 1 aromatic carbocycles. The molecule has 0 heterocycles.